The first-order valence-electron chi connectivity index (χ1n) is 10.1. The van der Waals surface area contributed by atoms with E-state index in [0.29, 0.717) is 0 Å². The van der Waals surface area contributed by atoms with Crippen molar-refractivity contribution in [2.24, 2.45) is 7.05 Å². The SMILES string of the molecule is Cc1ccc(-n2c(SCC(=O)Nc3c(C)nn(C)c3C)nnc2N2CCCC2)cc1. The van der Waals surface area contributed by atoms with E-state index in [-0.39, 0.29) is 11.7 Å². The predicted octanol–water partition coefficient (Wildman–Crippen LogP) is 3.26. The molecule has 158 valence electrons. The van der Waals surface area contributed by atoms with Crippen molar-refractivity contribution in [3.8, 4) is 5.69 Å². The second-order valence-electron chi connectivity index (χ2n) is 7.65. The molecule has 3 heterocycles. The zero-order valence-corrected chi connectivity index (χ0v) is 18.7. The van der Waals surface area contributed by atoms with Crippen molar-refractivity contribution in [1.82, 2.24) is 24.5 Å². The lowest BCUT2D eigenvalue weighted by atomic mass is 10.2. The number of anilines is 2. The third kappa shape index (κ3) is 4.07. The number of aromatic nitrogens is 5. The first-order chi connectivity index (χ1) is 14.4. The highest BCUT2D eigenvalue weighted by atomic mass is 32.2. The fourth-order valence-corrected chi connectivity index (χ4v) is 4.40. The molecule has 0 bridgehead atoms. The second kappa shape index (κ2) is 8.51. The Morgan fingerprint density at radius 2 is 1.80 bits per heavy atom. The van der Waals surface area contributed by atoms with Gasteiger partial charge in [-0.2, -0.15) is 5.10 Å². The van der Waals surface area contributed by atoms with Gasteiger partial charge in [0, 0.05) is 20.1 Å². The van der Waals surface area contributed by atoms with Crippen LogP contribution in [0.5, 0.6) is 0 Å². The predicted molar refractivity (Wildman–Crippen MR) is 120 cm³/mol. The lowest BCUT2D eigenvalue weighted by molar-refractivity contribution is -0.113. The molecule has 1 aromatic carbocycles. The van der Waals surface area contributed by atoms with E-state index in [1.165, 1.54) is 17.3 Å². The Hall–Kier alpha value is -2.81. The lowest BCUT2D eigenvalue weighted by Crippen LogP contribution is -2.22. The topological polar surface area (TPSA) is 80.9 Å². The number of hydrogen-bond acceptors (Lipinski definition) is 6. The fourth-order valence-electron chi connectivity index (χ4n) is 3.66. The second-order valence-corrected chi connectivity index (χ2v) is 8.60. The Bertz CT molecular complexity index is 1050. The van der Waals surface area contributed by atoms with Crippen LogP contribution in [-0.4, -0.2) is 49.3 Å². The minimum Gasteiger partial charge on any atom is -0.341 e. The minimum atomic E-state index is -0.0830. The van der Waals surface area contributed by atoms with Crippen molar-refractivity contribution >= 4 is 29.3 Å². The van der Waals surface area contributed by atoms with E-state index in [1.807, 2.05) is 20.9 Å². The molecule has 1 saturated heterocycles. The van der Waals surface area contributed by atoms with Crippen molar-refractivity contribution in [3.05, 3.63) is 41.2 Å². The summed E-state index contributed by atoms with van der Waals surface area (Å²) in [4.78, 5) is 14.9. The van der Waals surface area contributed by atoms with E-state index >= 15 is 0 Å². The lowest BCUT2D eigenvalue weighted by Gasteiger charge is -2.18. The highest BCUT2D eigenvalue weighted by Crippen LogP contribution is 2.29. The Balaban J connectivity index is 1.55. The summed E-state index contributed by atoms with van der Waals surface area (Å²) in [7, 11) is 1.87. The van der Waals surface area contributed by atoms with Gasteiger partial charge in [-0.25, -0.2) is 0 Å². The molecular formula is C21H27N7OS. The molecule has 4 rings (SSSR count). The first-order valence-corrected chi connectivity index (χ1v) is 11.1. The van der Waals surface area contributed by atoms with Crippen LogP contribution in [0.3, 0.4) is 0 Å². The third-order valence-electron chi connectivity index (χ3n) is 5.40. The molecule has 30 heavy (non-hydrogen) atoms. The smallest absolute Gasteiger partial charge is 0.234 e. The molecule has 0 atom stereocenters. The summed E-state index contributed by atoms with van der Waals surface area (Å²) in [6, 6.07) is 8.31. The number of carbonyl (C=O) groups is 1. The van der Waals surface area contributed by atoms with E-state index < -0.39 is 0 Å². The maximum atomic E-state index is 12.6. The summed E-state index contributed by atoms with van der Waals surface area (Å²) in [5, 5.41) is 16.9. The van der Waals surface area contributed by atoms with E-state index in [0.717, 1.165) is 59.8 Å². The van der Waals surface area contributed by atoms with Gasteiger partial charge >= 0.3 is 0 Å². The number of nitrogens with one attached hydrogen (secondary N) is 1. The van der Waals surface area contributed by atoms with E-state index in [9.17, 15) is 4.79 Å². The summed E-state index contributed by atoms with van der Waals surface area (Å²) < 4.78 is 3.83. The van der Waals surface area contributed by atoms with Crippen molar-refractivity contribution in [2.45, 2.75) is 38.8 Å². The molecule has 9 heteroatoms. The van der Waals surface area contributed by atoms with Crippen LogP contribution in [0.15, 0.2) is 29.4 Å². The van der Waals surface area contributed by atoms with Gasteiger partial charge < -0.3 is 10.2 Å². The third-order valence-corrected chi connectivity index (χ3v) is 6.33. The molecule has 2 aromatic heterocycles. The number of hydrogen-bond donors (Lipinski definition) is 1. The van der Waals surface area contributed by atoms with Crippen molar-refractivity contribution in [1.29, 1.82) is 0 Å². The molecule has 8 nitrogen and oxygen atoms in total. The van der Waals surface area contributed by atoms with Gasteiger partial charge in [-0.15, -0.1) is 10.2 Å². The van der Waals surface area contributed by atoms with E-state index in [4.69, 9.17) is 0 Å². The molecule has 0 radical (unpaired) electrons. The molecule has 3 aromatic rings. The van der Waals surface area contributed by atoms with Gasteiger partial charge in [-0.1, -0.05) is 29.5 Å². The standard InChI is InChI=1S/C21H27N7OS/c1-14-7-9-17(10-8-14)28-20(27-11-5-6-12-27)23-24-21(28)30-13-18(29)22-19-15(2)25-26(4)16(19)3/h7-10H,5-6,11-13H2,1-4H3,(H,22,29). The number of thioether (sulfide) groups is 1. The Morgan fingerprint density at radius 1 is 1.10 bits per heavy atom. The van der Waals surface area contributed by atoms with Crippen LogP contribution in [-0.2, 0) is 11.8 Å². The highest BCUT2D eigenvalue weighted by Gasteiger charge is 2.23. The molecule has 1 fully saturated rings. The van der Waals surface area contributed by atoms with Crippen molar-refractivity contribution < 1.29 is 4.79 Å². The summed E-state index contributed by atoms with van der Waals surface area (Å²) >= 11 is 1.40. The largest absolute Gasteiger partial charge is 0.341 e. The Morgan fingerprint density at radius 3 is 2.43 bits per heavy atom. The number of nitrogens with zero attached hydrogens (tertiary/aromatic N) is 6. The maximum absolute atomic E-state index is 12.6. The highest BCUT2D eigenvalue weighted by molar-refractivity contribution is 7.99. The Labute approximate surface area is 180 Å². The number of benzene rings is 1. The van der Waals surface area contributed by atoms with Crippen LogP contribution < -0.4 is 10.2 Å². The molecule has 1 aliphatic rings. The van der Waals surface area contributed by atoms with Gasteiger partial charge in [0.25, 0.3) is 0 Å². The quantitative estimate of drug-likeness (QED) is 0.611. The number of aryl methyl sites for hydroxylation is 3. The molecule has 0 unspecified atom stereocenters. The molecule has 0 aliphatic carbocycles. The Kier molecular flexibility index (Phi) is 5.80. The summed E-state index contributed by atoms with van der Waals surface area (Å²) in [5.41, 5.74) is 4.73. The summed E-state index contributed by atoms with van der Waals surface area (Å²) in [5.74, 6) is 1.01. The number of amides is 1. The average molecular weight is 426 g/mol. The molecular weight excluding hydrogens is 398 g/mol. The van der Waals surface area contributed by atoms with Gasteiger partial charge in [-0.3, -0.25) is 14.0 Å². The minimum absolute atomic E-state index is 0.0830. The average Bonchev–Trinajstić information content (AvgIpc) is 3.44. The van der Waals surface area contributed by atoms with Crippen LogP contribution >= 0.6 is 11.8 Å². The van der Waals surface area contributed by atoms with Crippen LogP contribution in [0.4, 0.5) is 11.6 Å². The van der Waals surface area contributed by atoms with Gasteiger partial charge in [-0.05, 0) is 45.7 Å². The zero-order valence-electron chi connectivity index (χ0n) is 17.8. The maximum Gasteiger partial charge on any atom is 0.234 e. The van der Waals surface area contributed by atoms with Crippen LogP contribution in [0.25, 0.3) is 5.69 Å². The molecule has 0 spiro atoms. The fraction of sp³-hybridized carbons (Fsp3) is 0.429. The summed E-state index contributed by atoms with van der Waals surface area (Å²) in [6.07, 6.45) is 2.32. The van der Waals surface area contributed by atoms with Gasteiger partial charge in [0.1, 0.15) is 0 Å². The molecule has 1 amide bonds. The van der Waals surface area contributed by atoms with Crippen LogP contribution in [0.1, 0.15) is 29.8 Å². The monoisotopic (exact) mass is 425 g/mol. The summed E-state index contributed by atoms with van der Waals surface area (Å²) in [6.45, 7) is 7.87. The van der Waals surface area contributed by atoms with Gasteiger partial charge in [0.05, 0.1) is 28.5 Å². The molecule has 0 saturated carbocycles. The van der Waals surface area contributed by atoms with Gasteiger partial charge in [0.15, 0.2) is 5.16 Å². The number of rotatable bonds is 6. The van der Waals surface area contributed by atoms with Gasteiger partial charge in [0.2, 0.25) is 11.9 Å². The van der Waals surface area contributed by atoms with Crippen LogP contribution in [0.2, 0.25) is 0 Å². The van der Waals surface area contributed by atoms with Crippen molar-refractivity contribution in [3.63, 3.8) is 0 Å². The van der Waals surface area contributed by atoms with Crippen molar-refractivity contribution in [2.75, 3.05) is 29.1 Å². The van der Waals surface area contributed by atoms with Crippen LogP contribution in [0, 0.1) is 20.8 Å². The normalized spacial score (nSPS) is 13.8. The zero-order chi connectivity index (χ0) is 21.3. The number of carbonyl (C=O) groups excluding carboxylic acids is 1. The molecule has 1 aliphatic heterocycles. The first kappa shape index (κ1) is 20.5. The van der Waals surface area contributed by atoms with E-state index in [1.54, 1.807) is 4.68 Å². The molecule has 1 N–H and O–H groups in total. The van der Waals surface area contributed by atoms with E-state index in [2.05, 4.69) is 61.3 Å².